The van der Waals surface area contributed by atoms with Crippen molar-refractivity contribution in [3.8, 4) is 0 Å². The van der Waals surface area contributed by atoms with Crippen LogP contribution < -0.4 is 5.32 Å². The average molecular weight is 256 g/mol. The molecule has 0 fully saturated rings. The number of nitrogens with one attached hydrogen (secondary N) is 1. The van der Waals surface area contributed by atoms with E-state index in [0.717, 1.165) is 18.2 Å². The molecule has 0 spiro atoms. The van der Waals surface area contributed by atoms with E-state index < -0.39 is 28.4 Å². The van der Waals surface area contributed by atoms with Gasteiger partial charge >= 0.3 is 0 Å². The zero-order valence-corrected chi connectivity index (χ0v) is 9.72. The van der Waals surface area contributed by atoms with E-state index in [1.54, 1.807) is 6.92 Å². The van der Waals surface area contributed by atoms with Gasteiger partial charge in [0.2, 0.25) is 0 Å². The Morgan fingerprint density at radius 2 is 2.28 bits per heavy atom. The normalized spacial score (nSPS) is 11.9. The second kappa shape index (κ2) is 6.06. The Hall–Kier alpha value is -2.02. The number of rotatable bonds is 5. The minimum Gasteiger partial charge on any atom is -0.394 e. The van der Waals surface area contributed by atoms with E-state index in [1.165, 1.54) is 0 Å². The van der Waals surface area contributed by atoms with Crippen LogP contribution in [0.2, 0.25) is 0 Å². The van der Waals surface area contributed by atoms with Crippen LogP contribution in [0, 0.1) is 15.9 Å². The SMILES string of the molecule is CC[C@@H](CO)NC(=O)c1cc(F)ccc1[N+](=O)[O-]. The van der Waals surface area contributed by atoms with Crippen LogP contribution in [-0.4, -0.2) is 28.6 Å². The van der Waals surface area contributed by atoms with Gasteiger partial charge in [-0.1, -0.05) is 6.92 Å². The largest absolute Gasteiger partial charge is 0.394 e. The highest BCUT2D eigenvalue weighted by atomic mass is 19.1. The van der Waals surface area contributed by atoms with Crippen molar-refractivity contribution in [3.05, 3.63) is 39.7 Å². The van der Waals surface area contributed by atoms with Crippen molar-refractivity contribution in [1.82, 2.24) is 5.32 Å². The second-order valence-corrected chi connectivity index (χ2v) is 3.68. The van der Waals surface area contributed by atoms with Gasteiger partial charge in [0.15, 0.2) is 0 Å². The number of nitro groups is 1. The maximum absolute atomic E-state index is 13.0. The third kappa shape index (κ3) is 3.24. The highest BCUT2D eigenvalue weighted by Crippen LogP contribution is 2.19. The van der Waals surface area contributed by atoms with Crippen molar-refractivity contribution < 1.29 is 19.2 Å². The summed E-state index contributed by atoms with van der Waals surface area (Å²) in [5.74, 6) is -1.51. The molecule has 0 aromatic heterocycles. The summed E-state index contributed by atoms with van der Waals surface area (Å²) in [6, 6.07) is 2.14. The standard InChI is InChI=1S/C11H13FN2O4/c1-2-8(6-15)13-11(16)9-5-7(12)3-4-10(9)14(17)18/h3-5,8,15H,2,6H2,1H3,(H,13,16)/t8-/m0/s1. The molecular formula is C11H13FN2O4. The number of aliphatic hydroxyl groups is 1. The quantitative estimate of drug-likeness (QED) is 0.612. The Kier molecular flexibility index (Phi) is 4.73. The van der Waals surface area contributed by atoms with Crippen molar-refractivity contribution in [3.63, 3.8) is 0 Å². The van der Waals surface area contributed by atoms with Crippen LogP contribution in [0.5, 0.6) is 0 Å². The van der Waals surface area contributed by atoms with Crippen LogP contribution in [0.15, 0.2) is 18.2 Å². The lowest BCUT2D eigenvalue weighted by Gasteiger charge is -2.13. The predicted octanol–water partition coefficient (Wildman–Crippen LogP) is 1.23. The monoisotopic (exact) mass is 256 g/mol. The van der Waals surface area contributed by atoms with E-state index in [1.807, 2.05) is 0 Å². The third-order valence-corrected chi connectivity index (χ3v) is 2.45. The van der Waals surface area contributed by atoms with Gasteiger partial charge in [0.05, 0.1) is 17.6 Å². The van der Waals surface area contributed by atoms with Gasteiger partial charge in [-0.2, -0.15) is 0 Å². The number of carbonyl (C=O) groups is 1. The number of nitro benzene ring substituents is 1. The number of carbonyl (C=O) groups excluding carboxylic acids is 1. The van der Waals surface area contributed by atoms with Gasteiger partial charge in [0.1, 0.15) is 11.4 Å². The van der Waals surface area contributed by atoms with Gasteiger partial charge in [-0.05, 0) is 18.6 Å². The number of nitrogens with zero attached hydrogens (tertiary/aromatic N) is 1. The van der Waals surface area contributed by atoms with E-state index >= 15 is 0 Å². The summed E-state index contributed by atoms with van der Waals surface area (Å²) in [6.45, 7) is 1.45. The summed E-state index contributed by atoms with van der Waals surface area (Å²) in [7, 11) is 0. The van der Waals surface area contributed by atoms with Crippen LogP contribution in [0.3, 0.4) is 0 Å². The van der Waals surface area contributed by atoms with Crippen molar-refractivity contribution in [2.24, 2.45) is 0 Å². The third-order valence-electron chi connectivity index (χ3n) is 2.45. The van der Waals surface area contributed by atoms with Crippen molar-refractivity contribution in [1.29, 1.82) is 0 Å². The fourth-order valence-electron chi connectivity index (χ4n) is 1.39. The van der Waals surface area contributed by atoms with E-state index in [0.29, 0.717) is 6.42 Å². The van der Waals surface area contributed by atoms with Crippen LogP contribution in [0.1, 0.15) is 23.7 Å². The van der Waals surface area contributed by atoms with Crippen molar-refractivity contribution in [2.45, 2.75) is 19.4 Å². The maximum atomic E-state index is 13.0. The molecule has 1 amide bonds. The number of aliphatic hydroxyl groups excluding tert-OH is 1. The van der Waals surface area contributed by atoms with Crippen LogP contribution in [0.4, 0.5) is 10.1 Å². The molecule has 1 aromatic carbocycles. The molecule has 98 valence electrons. The molecular weight excluding hydrogens is 243 g/mol. The molecule has 0 unspecified atom stereocenters. The van der Waals surface area contributed by atoms with E-state index in [2.05, 4.69) is 5.32 Å². The zero-order valence-electron chi connectivity index (χ0n) is 9.72. The number of hydrogen-bond donors (Lipinski definition) is 2. The molecule has 1 rings (SSSR count). The lowest BCUT2D eigenvalue weighted by Crippen LogP contribution is -2.37. The Labute approximate surface area is 103 Å². The fraction of sp³-hybridized carbons (Fsp3) is 0.364. The van der Waals surface area contributed by atoms with Gasteiger partial charge in [-0.15, -0.1) is 0 Å². The molecule has 2 N–H and O–H groups in total. The minimum atomic E-state index is -0.776. The Bertz CT molecular complexity index is 460. The minimum absolute atomic E-state index is 0.286. The van der Waals surface area contributed by atoms with Gasteiger partial charge in [-0.3, -0.25) is 14.9 Å². The molecule has 0 aliphatic carbocycles. The van der Waals surface area contributed by atoms with Gasteiger partial charge < -0.3 is 10.4 Å². The molecule has 18 heavy (non-hydrogen) atoms. The molecule has 0 bridgehead atoms. The first-order valence-corrected chi connectivity index (χ1v) is 5.35. The molecule has 0 saturated carbocycles. The lowest BCUT2D eigenvalue weighted by molar-refractivity contribution is -0.385. The van der Waals surface area contributed by atoms with Crippen LogP contribution in [0.25, 0.3) is 0 Å². The molecule has 0 heterocycles. The number of benzene rings is 1. The second-order valence-electron chi connectivity index (χ2n) is 3.68. The van der Waals surface area contributed by atoms with Gasteiger partial charge in [-0.25, -0.2) is 4.39 Å². The van der Waals surface area contributed by atoms with E-state index in [4.69, 9.17) is 5.11 Å². The first-order valence-electron chi connectivity index (χ1n) is 5.35. The fourth-order valence-corrected chi connectivity index (χ4v) is 1.39. The Morgan fingerprint density at radius 3 is 2.78 bits per heavy atom. The molecule has 6 nitrogen and oxygen atoms in total. The topological polar surface area (TPSA) is 92.5 Å². The Morgan fingerprint density at radius 1 is 1.61 bits per heavy atom. The molecule has 1 atom stereocenters. The molecule has 0 radical (unpaired) electrons. The summed E-state index contributed by atoms with van der Waals surface area (Å²) in [4.78, 5) is 21.7. The summed E-state index contributed by atoms with van der Waals surface area (Å²) >= 11 is 0. The average Bonchev–Trinajstić information content (AvgIpc) is 2.35. The maximum Gasteiger partial charge on any atom is 0.282 e. The highest BCUT2D eigenvalue weighted by Gasteiger charge is 2.22. The summed E-state index contributed by atoms with van der Waals surface area (Å²) in [6.07, 6.45) is 0.464. The number of hydrogen-bond acceptors (Lipinski definition) is 4. The molecule has 0 aliphatic heterocycles. The van der Waals surface area contributed by atoms with E-state index in [-0.39, 0.29) is 12.2 Å². The van der Waals surface area contributed by atoms with Gasteiger partial charge in [0.25, 0.3) is 11.6 Å². The van der Waals surface area contributed by atoms with Crippen LogP contribution >= 0.6 is 0 Å². The molecule has 1 aromatic rings. The summed E-state index contributed by atoms with van der Waals surface area (Å²) < 4.78 is 13.0. The van der Waals surface area contributed by atoms with Crippen LogP contribution in [-0.2, 0) is 0 Å². The summed E-state index contributed by atoms with van der Waals surface area (Å²) in [5, 5.41) is 22.0. The Balaban J connectivity index is 3.03. The van der Waals surface area contributed by atoms with Crippen molar-refractivity contribution in [2.75, 3.05) is 6.61 Å². The predicted molar refractivity (Wildman–Crippen MR) is 61.7 cm³/mol. The first kappa shape index (κ1) is 14.0. The number of amides is 1. The van der Waals surface area contributed by atoms with Crippen molar-refractivity contribution >= 4 is 11.6 Å². The zero-order chi connectivity index (χ0) is 13.7. The van der Waals surface area contributed by atoms with Gasteiger partial charge in [0, 0.05) is 6.07 Å². The number of halogens is 1. The smallest absolute Gasteiger partial charge is 0.282 e. The summed E-state index contributed by atoms with van der Waals surface area (Å²) in [5.41, 5.74) is -0.825. The first-order chi connectivity index (χ1) is 8.49. The van der Waals surface area contributed by atoms with E-state index in [9.17, 15) is 19.3 Å². The highest BCUT2D eigenvalue weighted by molar-refractivity contribution is 5.98. The molecule has 0 saturated heterocycles. The molecule has 0 aliphatic rings. The lowest BCUT2D eigenvalue weighted by atomic mass is 10.1. The molecule has 7 heteroatoms.